The van der Waals surface area contributed by atoms with Crippen molar-refractivity contribution in [2.45, 2.75) is 107 Å². The molecule has 4 aliphatic rings. The minimum atomic E-state index is -1.92. The zero-order chi connectivity index (χ0) is 46.8. The molecule has 0 aliphatic carbocycles. The van der Waals surface area contributed by atoms with Gasteiger partial charge in [-0.1, -0.05) is 24.3 Å². The lowest BCUT2D eigenvalue weighted by molar-refractivity contribution is -0.328. The topological polar surface area (TPSA) is 322 Å². The Morgan fingerprint density at radius 3 is 1.55 bits per heavy atom. The summed E-state index contributed by atoms with van der Waals surface area (Å²) in [5.74, 6) is -5.46. The number of carbonyl (C=O) groups is 4. The highest BCUT2D eigenvalue weighted by Crippen LogP contribution is 2.38. The number of rotatable bonds is 16. The molecule has 0 saturated carbocycles. The van der Waals surface area contributed by atoms with E-state index in [4.69, 9.17) is 47.4 Å². The van der Waals surface area contributed by atoms with E-state index in [1.165, 1.54) is 31.2 Å². The molecule has 1 aromatic rings. The summed E-state index contributed by atoms with van der Waals surface area (Å²) in [6.07, 6.45) is -15.7. The molecule has 5 rings (SSSR count). The molecule has 4 aliphatic heterocycles. The molecule has 4 heterocycles. The highest BCUT2D eigenvalue weighted by molar-refractivity contribution is 5.91. The van der Waals surface area contributed by atoms with Crippen molar-refractivity contribution >= 4 is 23.9 Å². The van der Waals surface area contributed by atoms with Gasteiger partial charge in [-0.3, -0.25) is 9.59 Å². The Morgan fingerprint density at radius 2 is 1.09 bits per heavy atom. The summed E-state index contributed by atoms with van der Waals surface area (Å²) in [5.41, 5.74) is 0.926. The average Bonchev–Trinajstić information content (AvgIpc) is 3.29. The third-order valence-electron chi connectivity index (χ3n) is 11.0. The largest absolute Gasteiger partial charge is 0.508 e. The molecule has 0 spiro atoms. The van der Waals surface area contributed by atoms with Crippen LogP contribution in [0.1, 0.15) is 32.3 Å². The van der Waals surface area contributed by atoms with Crippen LogP contribution >= 0.6 is 0 Å². The van der Waals surface area contributed by atoms with Gasteiger partial charge in [0.15, 0.2) is 12.6 Å². The first-order chi connectivity index (χ1) is 30.6. The monoisotopic (exact) mass is 910 g/mol. The Kier molecular flexibility index (Phi) is 17.8. The molecule has 22 heteroatoms. The number of aliphatic hydroxyl groups is 7. The quantitative estimate of drug-likeness (QED) is 0.0526. The van der Waals surface area contributed by atoms with Crippen LogP contribution in [0.4, 0.5) is 0 Å². The van der Waals surface area contributed by atoms with Gasteiger partial charge in [0.05, 0.1) is 63.9 Å². The van der Waals surface area contributed by atoms with E-state index in [0.29, 0.717) is 6.42 Å². The van der Waals surface area contributed by atoms with E-state index in [-0.39, 0.29) is 41.1 Å². The van der Waals surface area contributed by atoms with Gasteiger partial charge in [0.25, 0.3) is 0 Å². The fraction of sp³-hybridized carbons (Fsp3) is 0.571. The van der Waals surface area contributed by atoms with Crippen molar-refractivity contribution in [3.8, 4) is 5.75 Å². The number of benzene rings is 1. The maximum Gasteiger partial charge on any atom is 0.337 e. The van der Waals surface area contributed by atoms with E-state index in [2.05, 4.69) is 0 Å². The molecule has 64 heavy (non-hydrogen) atoms. The van der Waals surface area contributed by atoms with E-state index in [9.17, 15) is 60.0 Å². The van der Waals surface area contributed by atoms with Gasteiger partial charge >= 0.3 is 23.9 Å². The third-order valence-corrected chi connectivity index (χ3v) is 11.0. The van der Waals surface area contributed by atoms with E-state index < -0.39 is 129 Å². The van der Waals surface area contributed by atoms with E-state index >= 15 is 0 Å². The number of carbonyl (C=O) groups excluding carboxylic acids is 4. The number of phenols is 1. The summed E-state index contributed by atoms with van der Waals surface area (Å²) < 4.78 is 54.8. The third kappa shape index (κ3) is 11.6. The Morgan fingerprint density at radius 1 is 0.641 bits per heavy atom. The standard InChI is InChI=1S/C42H54O22/c1-5-21-23(13-29(45)57-12-11-19-7-9-20(44)10-8-19)25(37(53)55-3)16-60-40(21)64-42-36(52)34(50)32(48)28(62-42)18-58-30(46)14-24-22(6-2)39(59-17-26(24)38(54)56-4)63-41-35(51)33(49)31(47)27(15-43)61-41/h5-10,16-17,23-24,27-28,31-36,39-44,47-52H,11-15,18H2,1-4H3/b21-5+,22-6+/t23-,24-,27+,28+,31+,32+,33-,34-,35+,36+,39-,40-,41-,42-/m0/s1. The molecule has 14 atom stereocenters. The number of hydrogen-bond acceptors (Lipinski definition) is 22. The first-order valence-corrected chi connectivity index (χ1v) is 20.2. The lowest BCUT2D eigenvalue weighted by atomic mass is 9.86. The van der Waals surface area contributed by atoms with Crippen molar-refractivity contribution in [1.82, 2.24) is 0 Å². The zero-order valence-corrected chi connectivity index (χ0v) is 35.2. The number of esters is 4. The summed E-state index contributed by atoms with van der Waals surface area (Å²) in [4.78, 5) is 52.1. The summed E-state index contributed by atoms with van der Waals surface area (Å²) in [5, 5.41) is 82.6. The molecular weight excluding hydrogens is 856 g/mol. The van der Waals surface area contributed by atoms with Crippen LogP contribution in [0.2, 0.25) is 0 Å². The Bertz CT molecular complexity index is 1910. The highest BCUT2D eigenvalue weighted by atomic mass is 16.8. The Balaban J connectivity index is 1.24. The summed E-state index contributed by atoms with van der Waals surface area (Å²) in [7, 11) is 2.23. The van der Waals surface area contributed by atoms with Crippen molar-refractivity contribution in [3.63, 3.8) is 0 Å². The Hall–Kier alpha value is -4.98. The minimum absolute atomic E-state index is 0.0152. The second-order valence-electron chi connectivity index (χ2n) is 15.0. The van der Waals surface area contributed by atoms with E-state index in [1.54, 1.807) is 19.1 Å². The van der Waals surface area contributed by atoms with Gasteiger partial charge in [-0.05, 0) is 31.5 Å². The van der Waals surface area contributed by atoms with Crippen LogP contribution in [-0.4, -0.2) is 173 Å². The van der Waals surface area contributed by atoms with Crippen LogP contribution in [0.15, 0.2) is 71.2 Å². The van der Waals surface area contributed by atoms with Gasteiger partial charge in [0, 0.05) is 29.4 Å². The maximum atomic E-state index is 13.4. The van der Waals surface area contributed by atoms with E-state index in [1.807, 2.05) is 0 Å². The smallest absolute Gasteiger partial charge is 0.337 e. The van der Waals surface area contributed by atoms with Crippen LogP contribution in [0.25, 0.3) is 0 Å². The minimum Gasteiger partial charge on any atom is -0.508 e. The molecule has 2 fully saturated rings. The fourth-order valence-corrected chi connectivity index (χ4v) is 7.41. The molecule has 0 aromatic heterocycles. The second kappa shape index (κ2) is 22.8. The van der Waals surface area contributed by atoms with Crippen LogP contribution in [0, 0.1) is 11.8 Å². The first-order valence-electron chi connectivity index (χ1n) is 20.2. The molecule has 0 bridgehead atoms. The number of aromatic hydroxyl groups is 1. The molecular formula is C42H54O22. The van der Waals surface area contributed by atoms with Crippen LogP contribution in [-0.2, 0) is 73.0 Å². The molecule has 1 aromatic carbocycles. The molecule has 354 valence electrons. The number of aliphatic hydroxyl groups excluding tert-OH is 7. The number of phenolic OH excluding ortho intramolecular Hbond substituents is 1. The van der Waals surface area contributed by atoms with Gasteiger partial charge < -0.3 is 88.2 Å². The molecule has 0 amide bonds. The maximum absolute atomic E-state index is 13.4. The first kappa shape index (κ1) is 50.0. The predicted molar refractivity (Wildman–Crippen MR) is 210 cm³/mol. The molecule has 2 saturated heterocycles. The predicted octanol–water partition coefficient (Wildman–Crippen LogP) is -1.61. The molecule has 8 N–H and O–H groups in total. The van der Waals surface area contributed by atoms with Crippen LogP contribution in [0.3, 0.4) is 0 Å². The number of hydrogen-bond donors (Lipinski definition) is 8. The van der Waals surface area contributed by atoms with Crippen molar-refractivity contribution in [2.75, 3.05) is 34.0 Å². The highest BCUT2D eigenvalue weighted by Gasteiger charge is 2.49. The molecule has 0 unspecified atom stereocenters. The van der Waals surface area contributed by atoms with Crippen molar-refractivity contribution < 1.29 is 107 Å². The number of methoxy groups -OCH3 is 2. The van der Waals surface area contributed by atoms with Crippen molar-refractivity contribution in [1.29, 1.82) is 0 Å². The van der Waals surface area contributed by atoms with Gasteiger partial charge in [-0.2, -0.15) is 0 Å². The number of ether oxygens (including phenoxy) is 10. The number of allylic oxidation sites excluding steroid dienone is 2. The van der Waals surface area contributed by atoms with Crippen molar-refractivity contribution in [3.05, 3.63) is 76.8 Å². The Labute approximate surface area is 366 Å². The summed E-state index contributed by atoms with van der Waals surface area (Å²) in [6.45, 7) is 1.61. The van der Waals surface area contributed by atoms with Gasteiger partial charge in [0.2, 0.25) is 12.6 Å². The second-order valence-corrected chi connectivity index (χ2v) is 15.0. The van der Waals surface area contributed by atoms with Crippen LogP contribution < -0.4 is 0 Å². The van der Waals surface area contributed by atoms with Crippen LogP contribution in [0.5, 0.6) is 5.75 Å². The zero-order valence-electron chi connectivity index (χ0n) is 35.2. The van der Waals surface area contributed by atoms with Gasteiger partial charge in [-0.25, -0.2) is 9.59 Å². The SMILES string of the molecule is C/C=C1/[C@H](O[C@@H]2O[C@H](CO)[C@@H](O)[C@H](O)[C@H]2O)OC=C(C(=O)OC)[C@H]1CC(=O)OC[C@H]1O[C@@H](O[C@@H]2OC=C(C(=O)OC)[C@@H](CC(=O)OCCc3ccc(O)cc3)/C2=C\C)[C@H](O)[C@@H](O)[C@@H]1O. The van der Waals surface area contributed by atoms with Crippen molar-refractivity contribution in [2.24, 2.45) is 11.8 Å². The summed E-state index contributed by atoms with van der Waals surface area (Å²) in [6, 6.07) is 6.33. The lowest BCUT2D eigenvalue weighted by Gasteiger charge is -2.42. The van der Waals surface area contributed by atoms with E-state index in [0.717, 1.165) is 32.3 Å². The van der Waals surface area contributed by atoms with Gasteiger partial charge in [0.1, 0.15) is 61.2 Å². The normalized spacial score (nSPS) is 34.1. The fourth-order valence-electron chi connectivity index (χ4n) is 7.41. The molecule has 22 nitrogen and oxygen atoms in total. The average molecular weight is 911 g/mol. The summed E-state index contributed by atoms with van der Waals surface area (Å²) >= 11 is 0. The molecule has 0 radical (unpaired) electrons. The van der Waals surface area contributed by atoms with Gasteiger partial charge in [-0.15, -0.1) is 0 Å². The lowest BCUT2D eigenvalue weighted by Crippen LogP contribution is -2.60.